The molecular weight excluding hydrogens is 617 g/mol. The molecular formula is C45H38N2O3. The van der Waals surface area contributed by atoms with Crippen molar-refractivity contribution in [3.63, 3.8) is 0 Å². The van der Waals surface area contributed by atoms with E-state index in [4.69, 9.17) is 18.8 Å². The van der Waals surface area contributed by atoms with Crippen LogP contribution in [0, 0.1) is 0 Å². The summed E-state index contributed by atoms with van der Waals surface area (Å²) in [5.74, 6) is 1.09. The molecule has 0 bridgehead atoms. The fourth-order valence-corrected chi connectivity index (χ4v) is 6.57. The topological polar surface area (TPSA) is 71.8 Å². The highest BCUT2D eigenvalue weighted by Crippen LogP contribution is 2.42. The highest BCUT2D eigenvalue weighted by atomic mass is 16.3. The van der Waals surface area contributed by atoms with Gasteiger partial charge in [-0.3, -0.25) is 4.99 Å². The summed E-state index contributed by atoms with van der Waals surface area (Å²) < 4.78 is 13.1. The van der Waals surface area contributed by atoms with Gasteiger partial charge >= 0.3 is 0 Å². The third-order valence-electron chi connectivity index (χ3n) is 9.47. The van der Waals surface area contributed by atoms with Gasteiger partial charge in [0.1, 0.15) is 22.4 Å². The van der Waals surface area contributed by atoms with Crippen LogP contribution in [-0.2, 0) is 5.41 Å². The number of phenolic OH excluding ortho intramolecular Hbond substituents is 1. The Morgan fingerprint density at radius 1 is 0.680 bits per heavy atom. The van der Waals surface area contributed by atoms with Crippen molar-refractivity contribution in [3.05, 3.63) is 138 Å². The summed E-state index contributed by atoms with van der Waals surface area (Å²) in [5.41, 5.74) is 11.5. The van der Waals surface area contributed by atoms with E-state index < -0.39 is 0 Å². The van der Waals surface area contributed by atoms with Crippen molar-refractivity contribution in [2.24, 2.45) is 4.99 Å². The van der Waals surface area contributed by atoms with Crippen LogP contribution in [0.15, 0.2) is 135 Å². The molecule has 246 valence electrons. The zero-order valence-electron chi connectivity index (χ0n) is 28.9. The number of aliphatic imine (C=N–C) groups is 1. The molecule has 8 aromatic rings. The first-order valence-corrected chi connectivity index (χ1v) is 17.1. The number of oxazole rings is 1. The average Bonchev–Trinajstić information content (AvgIpc) is 3.72. The Morgan fingerprint density at radius 2 is 1.42 bits per heavy atom. The van der Waals surface area contributed by atoms with Crippen molar-refractivity contribution < 1.29 is 13.9 Å². The Kier molecular flexibility index (Phi) is 7.64. The molecule has 0 spiro atoms. The summed E-state index contributed by atoms with van der Waals surface area (Å²) in [6, 6.07) is 40.9. The second-order valence-corrected chi connectivity index (χ2v) is 14.2. The van der Waals surface area contributed by atoms with Crippen molar-refractivity contribution in [1.29, 1.82) is 0 Å². The standard InChI is InChI=1S/C45H38N2O3/c1-27(2)28-17-19-29(20-18-28)30-24-37(35-14-10-13-34-33-11-7-9-16-40(33)49-43(34)35)42-41(25-30)50-44(47-42)36-12-6-8-15-38(36)46-26-31-23-32(45(3,4)5)21-22-39(31)48/h6-27,48H,1-5H3. The molecule has 0 radical (unpaired) electrons. The van der Waals surface area contributed by atoms with Gasteiger partial charge in [0.25, 0.3) is 0 Å². The monoisotopic (exact) mass is 654 g/mol. The van der Waals surface area contributed by atoms with Gasteiger partial charge in [0.05, 0.1) is 11.3 Å². The number of fused-ring (bicyclic) bond motifs is 4. The highest BCUT2D eigenvalue weighted by molar-refractivity contribution is 6.12. The lowest BCUT2D eigenvalue weighted by atomic mass is 9.86. The lowest BCUT2D eigenvalue weighted by molar-refractivity contribution is 0.473. The number of hydrogen-bond donors (Lipinski definition) is 1. The summed E-state index contributed by atoms with van der Waals surface area (Å²) in [4.78, 5) is 9.98. The molecule has 2 heterocycles. The van der Waals surface area contributed by atoms with Crippen LogP contribution in [0.1, 0.15) is 57.2 Å². The molecule has 5 heteroatoms. The zero-order chi connectivity index (χ0) is 34.6. The lowest BCUT2D eigenvalue weighted by Gasteiger charge is -2.19. The molecule has 0 aliphatic carbocycles. The van der Waals surface area contributed by atoms with Crippen LogP contribution in [-0.4, -0.2) is 16.3 Å². The maximum Gasteiger partial charge on any atom is 0.229 e. The van der Waals surface area contributed by atoms with Crippen LogP contribution in [0.5, 0.6) is 5.75 Å². The maximum atomic E-state index is 10.7. The van der Waals surface area contributed by atoms with E-state index in [2.05, 4.69) is 95.3 Å². The Bertz CT molecular complexity index is 2560. The first-order valence-electron chi connectivity index (χ1n) is 17.1. The number of para-hydroxylation sites is 3. The quantitative estimate of drug-likeness (QED) is 0.181. The van der Waals surface area contributed by atoms with E-state index in [1.165, 1.54) is 5.56 Å². The number of phenols is 1. The van der Waals surface area contributed by atoms with Gasteiger partial charge < -0.3 is 13.9 Å². The number of benzene rings is 6. The molecule has 1 N–H and O–H groups in total. The van der Waals surface area contributed by atoms with E-state index in [0.29, 0.717) is 28.6 Å². The minimum atomic E-state index is -0.0634. The van der Waals surface area contributed by atoms with E-state index in [9.17, 15) is 5.11 Å². The summed E-state index contributed by atoms with van der Waals surface area (Å²) in [5, 5.41) is 12.8. The molecule has 5 nitrogen and oxygen atoms in total. The van der Waals surface area contributed by atoms with Crippen LogP contribution >= 0.6 is 0 Å². The minimum absolute atomic E-state index is 0.0634. The van der Waals surface area contributed by atoms with Crippen LogP contribution < -0.4 is 0 Å². The molecule has 0 unspecified atom stereocenters. The second-order valence-electron chi connectivity index (χ2n) is 14.2. The number of rotatable bonds is 6. The van der Waals surface area contributed by atoms with Gasteiger partial charge in [0.15, 0.2) is 5.58 Å². The SMILES string of the molecule is CC(C)c1ccc(-c2cc(-c3cccc4c3oc3ccccc34)c3nc(-c4ccccc4N=Cc4cc(C(C)(C)C)ccc4O)oc3c2)cc1. The first-order chi connectivity index (χ1) is 24.1. The summed E-state index contributed by atoms with van der Waals surface area (Å²) >= 11 is 0. The largest absolute Gasteiger partial charge is 0.507 e. The summed E-state index contributed by atoms with van der Waals surface area (Å²) in [6.45, 7) is 10.9. The Hall–Kier alpha value is -5.94. The molecule has 0 aliphatic heterocycles. The fourth-order valence-electron chi connectivity index (χ4n) is 6.57. The number of hydrogen-bond acceptors (Lipinski definition) is 5. The molecule has 6 aromatic carbocycles. The van der Waals surface area contributed by atoms with Crippen molar-refractivity contribution >= 4 is 44.9 Å². The van der Waals surface area contributed by atoms with E-state index in [0.717, 1.165) is 60.8 Å². The number of aromatic hydroxyl groups is 1. The van der Waals surface area contributed by atoms with Crippen molar-refractivity contribution in [1.82, 2.24) is 4.98 Å². The van der Waals surface area contributed by atoms with Gasteiger partial charge in [0.2, 0.25) is 5.89 Å². The maximum absolute atomic E-state index is 10.7. The second kappa shape index (κ2) is 12.2. The predicted molar refractivity (Wildman–Crippen MR) is 206 cm³/mol. The smallest absolute Gasteiger partial charge is 0.229 e. The molecule has 2 aromatic heterocycles. The number of furan rings is 1. The average molecular weight is 655 g/mol. The molecule has 0 saturated carbocycles. The van der Waals surface area contributed by atoms with Crippen LogP contribution in [0.2, 0.25) is 0 Å². The van der Waals surface area contributed by atoms with Crippen LogP contribution in [0.25, 0.3) is 66.7 Å². The normalized spacial score (nSPS) is 12.3. The first kappa shape index (κ1) is 31.3. The zero-order valence-corrected chi connectivity index (χ0v) is 28.9. The molecule has 50 heavy (non-hydrogen) atoms. The van der Waals surface area contributed by atoms with Gasteiger partial charge in [-0.1, -0.05) is 113 Å². The summed E-state index contributed by atoms with van der Waals surface area (Å²) in [7, 11) is 0. The highest BCUT2D eigenvalue weighted by Gasteiger charge is 2.21. The van der Waals surface area contributed by atoms with Crippen LogP contribution in [0.3, 0.4) is 0 Å². The molecule has 0 atom stereocenters. The van der Waals surface area contributed by atoms with Gasteiger partial charge in [0, 0.05) is 33.7 Å². The van der Waals surface area contributed by atoms with E-state index in [1.54, 1.807) is 12.3 Å². The van der Waals surface area contributed by atoms with Crippen molar-refractivity contribution in [2.45, 2.75) is 46.0 Å². The van der Waals surface area contributed by atoms with Gasteiger partial charge in [-0.15, -0.1) is 0 Å². The fraction of sp³-hybridized carbons (Fsp3) is 0.156. The third kappa shape index (κ3) is 5.65. The molecule has 8 rings (SSSR count). The number of aromatic nitrogens is 1. The third-order valence-corrected chi connectivity index (χ3v) is 9.47. The Labute approximate surface area is 291 Å². The molecule has 0 saturated heterocycles. The minimum Gasteiger partial charge on any atom is -0.507 e. The van der Waals surface area contributed by atoms with Crippen molar-refractivity contribution in [2.75, 3.05) is 0 Å². The van der Waals surface area contributed by atoms with Gasteiger partial charge in [-0.2, -0.15) is 0 Å². The molecule has 0 aliphatic rings. The summed E-state index contributed by atoms with van der Waals surface area (Å²) in [6.07, 6.45) is 1.71. The van der Waals surface area contributed by atoms with Crippen LogP contribution in [0.4, 0.5) is 5.69 Å². The predicted octanol–water partition coefficient (Wildman–Crippen LogP) is 12.6. The molecule has 0 fully saturated rings. The number of nitrogens with zero attached hydrogens (tertiary/aromatic N) is 2. The lowest BCUT2D eigenvalue weighted by Crippen LogP contribution is -2.11. The van der Waals surface area contributed by atoms with E-state index >= 15 is 0 Å². The van der Waals surface area contributed by atoms with E-state index in [-0.39, 0.29) is 11.2 Å². The van der Waals surface area contributed by atoms with Crippen molar-refractivity contribution in [3.8, 4) is 39.5 Å². The molecule has 0 amide bonds. The van der Waals surface area contributed by atoms with Gasteiger partial charge in [-0.25, -0.2) is 4.98 Å². The van der Waals surface area contributed by atoms with Gasteiger partial charge in [-0.05, 0) is 76.1 Å². The Morgan fingerprint density at radius 3 is 2.22 bits per heavy atom. The van der Waals surface area contributed by atoms with E-state index in [1.807, 2.05) is 54.6 Å². The Balaban J connectivity index is 1.30.